The zero-order valence-corrected chi connectivity index (χ0v) is 14.4. The number of aryl methyl sites for hydroxylation is 1. The largest absolute Gasteiger partial charge is 0.377 e. The van der Waals surface area contributed by atoms with Gasteiger partial charge in [0.25, 0.3) is 0 Å². The van der Waals surface area contributed by atoms with Crippen LogP contribution in [0.3, 0.4) is 0 Å². The molecule has 2 rings (SSSR count). The van der Waals surface area contributed by atoms with Gasteiger partial charge in [-0.2, -0.15) is 0 Å². The Hall–Kier alpha value is -1.65. The van der Waals surface area contributed by atoms with Crippen LogP contribution in [0.25, 0.3) is 0 Å². The zero-order valence-electron chi connectivity index (χ0n) is 13.6. The van der Waals surface area contributed by atoms with Crippen molar-refractivity contribution in [2.24, 2.45) is 0 Å². The molecule has 2 aromatic rings. The maximum atomic E-state index is 12.2. The number of rotatable bonds is 9. The van der Waals surface area contributed by atoms with E-state index in [2.05, 4.69) is 0 Å². The van der Waals surface area contributed by atoms with Crippen molar-refractivity contribution in [3.05, 3.63) is 65.7 Å². The summed E-state index contributed by atoms with van der Waals surface area (Å²) in [4.78, 5) is 0.420. The third-order valence-corrected chi connectivity index (χ3v) is 5.51. The molecule has 0 heterocycles. The third-order valence-electron chi connectivity index (χ3n) is 3.69. The number of sulfone groups is 1. The van der Waals surface area contributed by atoms with Gasteiger partial charge in [-0.15, -0.1) is 0 Å². The first-order chi connectivity index (χ1) is 11.1. The van der Waals surface area contributed by atoms with Gasteiger partial charge in [-0.05, 0) is 37.5 Å². The smallest absolute Gasteiger partial charge is 0.178 e. The Morgan fingerprint density at radius 3 is 2.26 bits per heavy atom. The fourth-order valence-corrected chi connectivity index (χ4v) is 3.67. The predicted octanol–water partition coefficient (Wildman–Crippen LogP) is 4.16. The molecule has 124 valence electrons. The van der Waals surface area contributed by atoms with Crippen LogP contribution < -0.4 is 0 Å². The van der Waals surface area contributed by atoms with E-state index in [1.54, 1.807) is 12.1 Å². The molecule has 0 N–H and O–H groups in total. The summed E-state index contributed by atoms with van der Waals surface area (Å²) in [6, 6.07) is 17.1. The summed E-state index contributed by atoms with van der Waals surface area (Å²) in [5.74, 6) is 0.203. The van der Waals surface area contributed by atoms with Crippen molar-refractivity contribution in [3.63, 3.8) is 0 Å². The van der Waals surface area contributed by atoms with Crippen LogP contribution in [-0.4, -0.2) is 20.8 Å². The van der Waals surface area contributed by atoms with Crippen LogP contribution in [0.2, 0.25) is 0 Å². The highest BCUT2D eigenvalue weighted by molar-refractivity contribution is 7.91. The average Bonchev–Trinajstić information content (AvgIpc) is 2.55. The van der Waals surface area contributed by atoms with E-state index < -0.39 is 9.84 Å². The molecule has 0 bridgehead atoms. The van der Waals surface area contributed by atoms with Gasteiger partial charge in [-0.25, -0.2) is 8.42 Å². The van der Waals surface area contributed by atoms with E-state index in [9.17, 15) is 8.42 Å². The van der Waals surface area contributed by atoms with Gasteiger partial charge in [0.1, 0.15) is 0 Å². The Morgan fingerprint density at radius 1 is 0.870 bits per heavy atom. The monoisotopic (exact) mass is 332 g/mol. The van der Waals surface area contributed by atoms with Crippen molar-refractivity contribution >= 4 is 9.84 Å². The van der Waals surface area contributed by atoms with Crippen LogP contribution in [0.5, 0.6) is 0 Å². The molecule has 0 saturated carbocycles. The van der Waals surface area contributed by atoms with Crippen molar-refractivity contribution in [1.82, 2.24) is 0 Å². The molecule has 0 aliphatic rings. The third kappa shape index (κ3) is 6.16. The summed E-state index contributed by atoms with van der Waals surface area (Å²) in [5, 5.41) is 0. The van der Waals surface area contributed by atoms with Crippen molar-refractivity contribution in [3.8, 4) is 0 Å². The number of unbranched alkanes of at least 4 members (excludes halogenated alkanes) is 2. The summed E-state index contributed by atoms with van der Waals surface area (Å²) in [6.07, 6.45) is 2.42. The van der Waals surface area contributed by atoms with E-state index in [1.807, 2.05) is 49.4 Å². The highest BCUT2D eigenvalue weighted by atomic mass is 32.2. The molecule has 0 unspecified atom stereocenters. The first kappa shape index (κ1) is 17.7. The second-order valence-corrected chi connectivity index (χ2v) is 7.84. The lowest BCUT2D eigenvalue weighted by Gasteiger charge is -2.06. The highest BCUT2D eigenvalue weighted by Crippen LogP contribution is 2.14. The lowest BCUT2D eigenvalue weighted by atomic mass is 10.2. The van der Waals surface area contributed by atoms with E-state index in [0.29, 0.717) is 24.5 Å². The normalized spacial score (nSPS) is 11.5. The average molecular weight is 332 g/mol. The molecule has 0 aliphatic heterocycles. The van der Waals surface area contributed by atoms with E-state index in [1.165, 1.54) is 0 Å². The number of ether oxygens (including phenoxy) is 1. The van der Waals surface area contributed by atoms with Gasteiger partial charge in [0.2, 0.25) is 0 Å². The lowest BCUT2D eigenvalue weighted by Crippen LogP contribution is -2.07. The van der Waals surface area contributed by atoms with Crippen molar-refractivity contribution in [2.75, 3.05) is 12.4 Å². The molecule has 0 atom stereocenters. The van der Waals surface area contributed by atoms with E-state index in [-0.39, 0.29) is 5.75 Å². The van der Waals surface area contributed by atoms with Gasteiger partial charge in [0.15, 0.2) is 9.84 Å². The fraction of sp³-hybridized carbons (Fsp3) is 0.368. The first-order valence-electron chi connectivity index (χ1n) is 7.99. The summed E-state index contributed by atoms with van der Waals surface area (Å²) >= 11 is 0. The quantitative estimate of drug-likeness (QED) is 0.648. The van der Waals surface area contributed by atoms with Crippen molar-refractivity contribution in [1.29, 1.82) is 0 Å². The number of hydrogen-bond acceptors (Lipinski definition) is 3. The Balaban J connectivity index is 1.62. The lowest BCUT2D eigenvalue weighted by molar-refractivity contribution is 0.117. The van der Waals surface area contributed by atoms with Crippen LogP contribution in [0.15, 0.2) is 59.5 Å². The molecule has 0 fully saturated rings. The summed E-state index contributed by atoms with van der Waals surface area (Å²) in [7, 11) is -3.15. The van der Waals surface area contributed by atoms with Gasteiger partial charge in [-0.3, -0.25) is 0 Å². The van der Waals surface area contributed by atoms with Crippen LogP contribution in [-0.2, 0) is 21.2 Å². The second-order valence-electron chi connectivity index (χ2n) is 5.73. The first-order valence-corrected chi connectivity index (χ1v) is 9.64. The topological polar surface area (TPSA) is 43.4 Å². The summed E-state index contributed by atoms with van der Waals surface area (Å²) in [6.45, 7) is 3.23. The minimum absolute atomic E-state index is 0.203. The molecule has 0 aromatic heterocycles. The molecular weight excluding hydrogens is 308 g/mol. The zero-order chi connectivity index (χ0) is 16.5. The molecule has 2 aromatic carbocycles. The molecule has 0 spiro atoms. The van der Waals surface area contributed by atoms with Crippen LogP contribution in [0.4, 0.5) is 0 Å². The predicted molar refractivity (Wildman–Crippen MR) is 93.2 cm³/mol. The number of benzene rings is 2. The van der Waals surface area contributed by atoms with Gasteiger partial charge in [0, 0.05) is 6.61 Å². The minimum Gasteiger partial charge on any atom is -0.377 e. The molecule has 0 radical (unpaired) electrons. The fourth-order valence-electron chi connectivity index (χ4n) is 2.30. The Bertz CT molecular complexity index is 676. The van der Waals surface area contributed by atoms with E-state index in [0.717, 1.165) is 24.0 Å². The maximum Gasteiger partial charge on any atom is 0.178 e. The maximum absolute atomic E-state index is 12.2. The minimum atomic E-state index is -3.15. The van der Waals surface area contributed by atoms with Crippen molar-refractivity contribution < 1.29 is 13.2 Å². The SMILES string of the molecule is Cc1ccc(S(=O)(=O)CCCCCOCc2ccccc2)cc1. The number of hydrogen-bond donors (Lipinski definition) is 0. The van der Waals surface area contributed by atoms with Crippen LogP contribution >= 0.6 is 0 Å². The Labute approximate surface area is 139 Å². The van der Waals surface area contributed by atoms with Crippen LogP contribution in [0, 0.1) is 6.92 Å². The van der Waals surface area contributed by atoms with Gasteiger partial charge in [-0.1, -0.05) is 54.4 Å². The molecule has 4 heteroatoms. The molecule has 0 amide bonds. The van der Waals surface area contributed by atoms with Gasteiger partial charge < -0.3 is 4.74 Å². The van der Waals surface area contributed by atoms with Crippen molar-refractivity contribution in [2.45, 2.75) is 37.7 Å². The Morgan fingerprint density at radius 2 is 1.57 bits per heavy atom. The molecule has 23 heavy (non-hydrogen) atoms. The van der Waals surface area contributed by atoms with E-state index >= 15 is 0 Å². The standard InChI is InChI=1S/C19H24O3S/c1-17-10-12-19(13-11-17)23(20,21)15-7-3-6-14-22-16-18-8-4-2-5-9-18/h2,4-5,8-13H,3,6-7,14-16H2,1H3. The van der Waals surface area contributed by atoms with Gasteiger partial charge >= 0.3 is 0 Å². The molecule has 3 nitrogen and oxygen atoms in total. The molecular formula is C19H24O3S. The molecule has 0 saturated heterocycles. The second kappa shape index (κ2) is 8.85. The highest BCUT2D eigenvalue weighted by Gasteiger charge is 2.13. The summed E-state index contributed by atoms with van der Waals surface area (Å²) in [5.41, 5.74) is 2.23. The molecule has 0 aliphatic carbocycles. The van der Waals surface area contributed by atoms with Crippen LogP contribution in [0.1, 0.15) is 30.4 Å². The van der Waals surface area contributed by atoms with Gasteiger partial charge in [0.05, 0.1) is 17.3 Å². The van der Waals surface area contributed by atoms with E-state index in [4.69, 9.17) is 4.74 Å². The summed E-state index contributed by atoms with van der Waals surface area (Å²) < 4.78 is 30.0. The Kier molecular flexibility index (Phi) is 6.81.